The Labute approximate surface area is 188 Å². The standard InChI is InChI=1S/C22H26N4S.HI/c1-23-22(24-16-17-8-9-18-5-2-3-6-19(18)15-17)25-20-10-12-26(13-11-20)21-7-4-14-27-21;/h2-9,14-15,20H,10-13,16H2,1H3,(H2,23,24,25);1H. The van der Waals surface area contributed by atoms with E-state index in [1.54, 1.807) is 0 Å². The summed E-state index contributed by atoms with van der Waals surface area (Å²) < 4.78 is 0. The summed E-state index contributed by atoms with van der Waals surface area (Å²) in [6.07, 6.45) is 2.27. The van der Waals surface area contributed by atoms with Crippen molar-refractivity contribution in [2.45, 2.75) is 25.4 Å². The van der Waals surface area contributed by atoms with Crippen molar-refractivity contribution in [1.29, 1.82) is 0 Å². The second kappa shape index (κ2) is 10.1. The first-order chi connectivity index (χ1) is 13.3. The summed E-state index contributed by atoms with van der Waals surface area (Å²) in [6.45, 7) is 2.97. The molecule has 0 atom stereocenters. The summed E-state index contributed by atoms with van der Waals surface area (Å²) in [6, 6.07) is 19.9. The molecule has 3 aromatic rings. The second-order valence-electron chi connectivity index (χ2n) is 6.96. The lowest BCUT2D eigenvalue weighted by Gasteiger charge is -2.33. The van der Waals surface area contributed by atoms with E-state index < -0.39 is 0 Å². The summed E-state index contributed by atoms with van der Waals surface area (Å²) in [5.74, 6) is 0.887. The quantitative estimate of drug-likeness (QED) is 0.302. The number of thiophene rings is 1. The Morgan fingerprint density at radius 3 is 2.57 bits per heavy atom. The van der Waals surface area contributed by atoms with Gasteiger partial charge in [0.05, 0.1) is 5.00 Å². The van der Waals surface area contributed by atoms with E-state index in [2.05, 4.69) is 80.5 Å². The van der Waals surface area contributed by atoms with Crippen LogP contribution in [0.15, 0.2) is 65.0 Å². The van der Waals surface area contributed by atoms with Crippen LogP contribution in [-0.2, 0) is 6.54 Å². The SMILES string of the molecule is CN=C(NCc1ccc2ccccc2c1)NC1CCN(c2cccs2)CC1.I. The molecule has 1 aliphatic rings. The third-order valence-electron chi connectivity index (χ3n) is 5.15. The van der Waals surface area contributed by atoms with Gasteiger partial charge in [-0.15, -0.1) is 35.3 Å². The average molecular weight is 506 g/mol. The minimum Gasteiger partial charge on any atom is -0.363 e. The Kier molecular flexibility index (Phi) is 7.56. The van der Waals surface area contributed by atoms with Gasteiger partial charge in [0.15, 0.2) is 5.96 Å². The van der Waals surface area contributed by atoms with Crippen molar-refractivity contribution in [2.24, 2.45) is 4.99 Å². The average Bonchev–Trinajstić information content (AvgIpc) is 3.26. The van der Waals surface area contributed by atoms with Gasteiger partial charge in [-0.25, -0.2) is 0 Å². The van der Waals surface area contributed by atoms with Crippen molar-refractivity contribution < 1.29 is 0 Å². The minimum absolute atomic E-state index is 0. The summed E-state index contributed by atoms with van der Waals surface area (Å²) in [5.41, 5.74) is 1.27. The maximum atomic E-state index is 4.41. The molecule has 0 aliphatic carbocycles. The van der Waals surface area contributed by atoms with E-state index in [9.17, 15) is 0 Å². The topological polar surface area (TPSA) is 39.7 Å². The van der Waals surface area contributed by atoms with E-state index in [-0.39, 0.29) is 24.0 Å². The van der Waals surface area contributed by atoms with Gasteiger partial charge in [-0.3, -0.25) is 4.99 Å². The first-order valence-electron chi connectivity index (χ1n) is 9.55. The Bertz CT molecular complexity index is 902. The van der Waals surface area contributed by atoms with E-state index in [0.717, 1.165) is 38.4 Å². The van der Waals surface area contributed by atoms with Crippen molar-refractivity contribution in [2.75, 3.05) is 25.0 Å². The molecule has 4 nitrogen and oxygen atoms in total. The van der Waals surface area contributed by atoms with Gasteiger partial charge in [-0.05, 0) is 52.8 Å². The summed E-state index contributed by atoms with van der Waals surface area (Å²) in [5, 5.41) is 13.1. The van der Waals surface area contributed by atoms with Crippen LogP contribution in [0.25, 0.3) is 10.8 Å². The molecule has 0 saturated carbocycles. The monoisotopic (exact) mass is 506 g/mol. The molecule has 148 valence electrons. The summed E-state index contributed by atoms with van der Waals surface area (Å²) in [7, 11) is 1.84. The fourth-order valence-corrected chi connectivity index (χ4v) is 4.40. The first kappa shape index (κ1) is 20.9. The van der Waals surface area contributed by atoms with Crippen LogP contribution in [0.3, 0.4) is 0 Å². The zero-order valence-corrected chi connectivity index (χ0v) is 19.2. The van der Waals surface area contributed by atoms with Crippen molar-refractivity contribution in [3.05, 3.63) is 65.5 Å². The van der Waals surface area contributed by atoms with Crippen molar-refractivity contribution >= 4 is 57.0 Å². The molecule has 1 aliphatic heterocycles. The molecule has 1 fully saturated rings. The maximum absolute atomic E-state index is 4.41. The molecule has 28 heavy (non-hydrogen) atoms. The lowest BCUT2D eigenvalue weighted by Crippen LogP contribution is -2.48. The van der Waals surface area contributed by atoms with Gasteiger partial charge in [0.1, 0.15) is 0 Å². The van der Waals surface area contributed by atoms with Gasteiger partial charge >= 0.3 is 0 Å². The van der Waals surface area contributed by atoms with Crippen molar-refractivity contribution in [1.82, 2.24) is 10.6 Å². The number of hydrogen-bond acceptors (Lipinski definition) is 3. The van der Waals surface area contributed by atoms with Crippen molar-refractivity contribution in [3.63, 3.8) is 0 Å². The zero-order chi connectivity index (χ0) is 18.5. The minimum atomic E-state index is 0. The lowest BCUT2D eigenvalue weighted by molar-refractivity contribution is 0.463. The third kappa shape index (κ3) is 5.17. The Hall–Kier alpha value is -1.80. The molecular weight excluding hydrogens is 479 g/mol. The fraction of sp³-hybridized carbons (Fsp3) is 0.318. The van der Waals surface area contributed by atoms with Crippen LogP contribution in [0.1, 0.15) is 18.4 Å². The Morgan fingerprint density at radius 2 is 1.86 bits per heavy atom. The molecule has 0 bridgehead atoms. The van der Waals surface area contributed by atoms with E-state index in [4.69, 9.17) is 0 Å². The normalized spacial score (nSPS) is 15.3. The molecule has 2 aromatic carbocycles. The number of nitrogens with one attached hydrogen (secondary N) is 2. The molecule has 2 heterocycles. The molecule has 0 amide bonds. The number of nitrogens with zero attached hydrogens (tertiary/aromatic N) is 2. The predicted molar refractivity (Wildman–Crippen MR) is 132 cm³/mol. The van der Waals surface area contributed by atoms with Crippen LogP contribution in [0.5, 0.6) is 0 Å². The molecule has 0 radical (unpaired) electrons. The van der Waals surface area contributed by atoms with Crippen molar-refractivity contribution in [3.8, 4) is 0 Å². The summed E-state index contributed by atoms with van der Waals surface area (Å²) in [4.78, 5) is 6.89. The third-order valence-corrected chi connectivity index (χ3v) is 6.08. The highest BCUT2D eigenvalue weighted by molar-refractivity contribution is 14.0. The van der Waals surface area contributed by atoms with E-state index >= 15 is 0 Å². The largest absolute Gasteiger partial charge is 0.363 e. The fourth-order valence-electron chi connectivity index (χ4n) is 3.62. The zero-order valence-electron chi connectivity index (χ0n) is 16.1. The van der Waals surface area contributed by atoms with Crippen LogP contribution in [0.2, 0.25) is 0 Å². The molecular formula is C22H27IN4S. The first-order valence-corrected chi connectivity index (χ1v) is 10.4. The highest BCUT2D eigenvalue weighted by atomic mass is 127. The molecule has 1 saturated heterocycles. The van der Waals surface area contributed by atoms with E-state index in [1.807, 2.05) is 18.4 Å². The number of benzene rings is 2. The molecule has 1 aromatic heterocycles. The number of guanidine groups is 1. The second-order valence-corrected chi connectivity index (χ2v) is 7.89. The predicted octanol–water partition coefficient (Wildman–Crippen LogP) is 4.85. The van der Waals surface area contributed by atoms with Gasteiger partial charge in [0.25, 0.3) is 0 Å². The van der Waals surface area contributed by atoms with Crippen LogP contribution in [0, 0.1) is 0 Å². The number of hydrogen-bond donors (Lipinski definition) is 2. The van der Waals surface area contributed by atoms with Gasteiger partial charge in [0, 0.05) is 32.7 Å². The molecule has 2 N–H and O–H groups in total. The number of fused-ring (bicyclic) bond motifs is 1. The van der Waals surface area contributed by atoms with Gasteiger partial charge in [-0.1, -0.05) is 36.4 Å². The highest BCUT2D eigenvalue weighted by Gasteiger charge is 2.20. The maximum Gasteiger partial charge on any atom is 0.191 e. The van der Waals surface area contributed by atoms with Crippen LogP contribution >= 0.6 is 35.3 Å². The van der Waals surface area contributed by atoms with E-state index in [1.165, 1.54) is 21.3 Å². The van der Waals surface area contributed by atoms with Crippen LogP contribution < -0.4 is 15.5 Å². The van der Waals surface area contributed by atoms with Crippen LogP contribution in [0.4, 0.5) is 5.00 Å². The molecule has 0 unspecified atom stereocenters. The highest BCUT2D eigenvalue weighted by Crippen LogP contribution is 2.24. The van der Waals surface area contributed by atoms with Gasteiger partial charge in [0.2, 0.25) is 0 Å². The summed E-state index contributed by atoms with van der Waals surface area (Å²) >= 11 is 1.82. The molecule has 0 spiro atoms. The number of aliphatic imine (C=N–C) groups is 1. The number of rotatable bonds is 4. The molecule has 6 heteroatoms. The number of piperidine rings is 1. The number of halogens is 1. The van der Waals surface area contributed by atoms with Gasteiger partial charge < -0.3 is 15.5 Å². The van der Waals surface area contributed by atoms with E-state index in [0.29, 0.717) is 6.04 Å². The lowest BCUT2D eigenvalue weighted by atomic mass is 10.1. The molecule has 4 rings (SSSR count). The van der Waals surface area contributed by atoms with Crippen LogP contribution in [-0.4, -0.2) is 32.1 Å². The van der Waals surface area contributed by atoms with Gasteiger partial charge in [-0.2, -0.15) is 0 Å². The Morgan fingerprint density at radius 1 is 1.07 bits per heavy atom. The Balaban J connectivity index is 0.00000225. The number of anilines is 1. The smallest absolute Gasteiger partial charge is 0.191 e.